The van der Waals surface area contributed by atoms with Gasteiger partial charge in [0.2, 0.25) is 0 Å². The van der Waals surface area contributed by atoms with Crippen LogP contribution in [0.5, 0.6) is 0 Å². The number of fused-ring (bicyclic) bond motifs is 3. The Hall–Kier alpha value is -0.940. The molecule has 1 N–H and O–H groups in total. The summed E-state index contributed by atoms with van der Waals surface area (Å²) in [5.74, 6) is 0.416. The van der Waals surface area contributed by atoms with Gasteiger partial charge in [0, 0.05) is 11.4 Å². The average molecular weight is 294 g/mol. The highest BCUT2D eigenvalue weighted by atomic mass is 32.1. The molecule has 0 aliphatic heterocycles. The monoisotopic (exact) mass is 294 g/mol. The van der Waals surface area contributed by atoms with Crippen molar-refractivity contribution in [1.82, 2.24) is 9.55 Å². The lowest BCUT2D eigenvalue weighted by Crippen LogP contribution is -2.24. The summed E-state index contributed by atoms with van der Waals surface area (Å²) in [4.78, 5) is 18.3. The zero-order chi connectivity index (χ0) is 13.6. The van der Waals surface area contributed by atoms with E-state index in [9.17, 15) is 4.79 Å². The number of aromatic nitrogens is 2. The van der Waals surface area contributed by atoms with Crippen LogP contribution in [0.25, 0.3) is 10.2 Å². The van der Waals surface area contributed by atoms with Crippen molar-refractivity contribution >= 4 is 33.8 Å². The molecule has 2 heterocycles. The molecule has 2 aromatic heterocycles. The minimum atomic E-state index is 0.104. The first kappa shape index (κ1) is 13.1. The number of nitrogens with one attached hydrogen (secondary N) is 1. The first-order chi connectivity index (χ1) is 9.08. The van der Waals surface area contributed by atoms with Crippen molar-refractivity contribution in [2.24, 2.45) is 5.92 Å². The fourth-order valence-corrected chi connectivity index (χ4v) is 4.41. The highest BCUT2D eigenvalue weighted by Crippen LogP contribution is 2.33. The van der Waals surface area contributed by atoms with Crippen molar-refractivity contribution in [3.8, 4) is 0 Å². The Morgan fingerprint density at radius 2 is 2.11 bits per heavy atom. The second-order valence-corrected chi connectivity index (χ2v) is 7.15. The molecule has 1 aliphatic carbocycles. The predicted molar refractivity (Wildman–Crippen MR) is 82.7 cm³/mol. The lowest BCUT2D eigenvalue weighted by Gasteiger charge is -2.11. The smallest absolute Gasteiger partial charge is 0.263 e. The predicted octanol–water partition coefficient (Wildman–Crippen LogP) is 3.66. The Bertz CT molecular complexity index is 736. The van der Waals surface area contributed by atoms with Crippen molar-refractivity contribution in [3.63, 3.8) is 0 Å². The average Bonchev–Trinajstić information content (AvgIpc) is 2.72. The highest BCUT2D eigenvalue weighted by Gasteiger charge is 2.20. The molecule has 0 radical (unpaired) electrons. The maximum absolute atomic E-state index is 12.7. The maximum Gasteiger partial charge on any atom is 0.263 e. The van der Waals surface area contributed by atoms with Crippen LogP contribution in [0.15, 0.2) is 4.79 Å². The Morgan fingerprint density at radius 1 is 1.37 bits per heavy atom. The van der Waals surface area contributed by atoms with Crippen LogP contribution in [0, 0.1) is 10.7 Å². The fraction of sp³-hybridized carbons (Fsp3) is 0.571. The van der Waals surface area contributed by atoms with E-state index in [1.54, 1.807) is 15.9 Å². The molecule has 0 fully saturated rings. The summed E-state index contributed by atoms with van der Waals surface area (Å²) in [5.41, 5.74) is 1.38. The van der Waals surface area contributed by atoms with Crippen LogP contribution in [0.4, 0.5) is 0 Å². The summed E-state index contributed by atoms with van der Waals surface area (Å²) in [6, 6.07) is 0. The van der Waals surface area contributed by atoms with Crippen molar-refractivity contribution in [2.75, 3.05) is 0 Å². The normalized spacial score (nSPS) is 15.1. The molecule has 3 rings (SSSR count). The quantitative estimate of drug-likeness (QED) is 0.858. The summed E-state index contributed by atoms with van der Waals surface area (Å²) >= 11 is 7.06. The molecule has 102 valence electrons. The Kier molecular flexibility index (Phi) is 3.35. The molecule has 0 bridgehead atoms. The molecule has 5 heteroatoms. The number of hydrogen-bond acceptors (Lipinski definition) is 3. The number of hydrogen-bond donors (Lipinski definition) is 1. The fourth-order valence-electron chi connectivity index (χ4n) is 2.80. The third kappa shape index (κ3) is 2.19. The molecule has 0 unspecified atom stereocenters. The molecule has 0 saturated carbocycles. The number of thiophene rings is 1. The van der Waals surface area contributed by atoms with Crippen LogP contribution in [-0.2, 0) is 19.4 Å². The highest BCUT2D eigenvalue weighted by molar-refractivity contribution is 7.71. The van der Waals surface area contributed by atoms with E-state index in [1.807, 2.05) is 0 Å². The van der Waals surface area contributed by atoms with Gasteiger partial charge in [0.05, 0.1) is 5.39 Å². The second kappa shape index (κ2) is 4.87. The van der Waals surface area contributed by atoms with Gasteiger partial charge < -0.3 is 4.98 Å². The van der Waals surface area contributed by atoms with E-state index in [0.717, 1.165) is 23.1 Å². The zero-order valence-electron chi connectivity index (χ0n) is 11.3. The third-order valence-corrected chi connectivity index (χ3v) is 5.17. The third-order valence-electron chi connectivity index (χ3n) is 3.64. The largest absolute Gasteiger partial charge is 0.323 e. The van der Waals surface area contributed by atoms with Gasteiger partial charge in [-0.2, -0.15) is 0 Å². The van der Waals surface area contributed by atoms with E-state index >= 15 is 0 Å². The van der Waals surface area contributed by atoms with Gasteiger partial charge in [0.25, 0.3) is 5.56 Å². The molecule has 0 spiro atoms. The Balaban J connectivity index is 2.30. The van der Waals surface area contributed by atoms with Crippen molar-refractivity contribution in [1.29, 1.82) is 0 Å². The van der Waals surface area contributed by atoms with Gasteiger partial charge in [-0.05, 0) is 49.4 Å². The van der Waals surface area contributed by atoms with Gasteiger partial charge in [-0.1, -0.05) is 13.8 Å². The van der Waals surface area contributed by atoms with Gasteiger partial charge in [0.1, 0.15) is 4.83 Å². The maximum atomic E-state index is 12.7. The van der Waals surface area contributed by atoms with Gasteiger partial charge >= 0.3 is 0 Å². The molecular weight excluding hydrogens is 276 g/mol. The number of aryl methyl sites for hydroxylation is 2. The Morgan fingerprint density at radius 3 is 2.84 bits per heavy atom. The zero-order valence-corrected chi connectivity index (χ0v) is 12.9. The Labute approximate surface area is 121 Å². The summed E-state index contributed by atoms with van der Waals surface area (Å²) in [6.45, 7) is 4.90. The molecule has 0 atom stereocenters. The lowest BCUT2D eigenvalue weighted by atomic mass is 9.97. The topological polar surface area (TPSA) is 37.8 Å². The molecule has 0 amide bonds. The van der Waals surface area contributed by atoms with Crippen LogP contribution in [0.2, 0.25) is 0 Å². The van der Waals surface area contributed by atoms with Crippen LogP contribution in [-0.4, -0.2) is 9.55 Å². The van der Waals surface area contributed by atoms with Crippen molar-refractivity contribution < 1.29 is 0 Å². The SMILES string of the molecule is CC(C)Cn1c(=S)[nH]c2sc3c(c2c1=O)CCCC3. The van der Waals surface area contributed by atoms with Gasteiger partial charge in [-0.25, -0.2) is 0 Å². The molecule has 19 heavy (non-hydrogen) atoms. The van der Waals surface area contributed by atoms with Crippen LogP contribution < -0.4 is 5.56 Å². The van der Waals surface area contributed by atoms with E-state index in [-0.39, 0.29) is 5.56 Å². The van der Waals surface area contributed by atoms with Crippen LogP contribution >= 0.6 is 23.6 Å². The van der Waals surface area contributed by atoms with Gasteiger partial charge in [-0.15, -0.1) is 11.3 Å². The van der Waals surface area contributed by atoms with E-state index < -0.39 is 0 Å². The van der Waals surface area contributed by atoms with E-state index in [1.165, 1.54) is 23.3 Å². The standard InChI is InChI=1S/C14H18N2OS2/c1-8(2)7-16-13(17)11-9-5-3-4-6-10(9)19-12(11)15-14(16)18/h8H,3-7H2,1-2H3,(H,15,18). The summed E-state index contributed by atoms with van der Waals surface area (Å²) in [6.07, 6.45) is 4.58. The lowest BCUT2D eigenvalue weighted by molar-refractivity contribution is 0.503. The van der Waals surface area contributed by atoms with Crippen LogP contribution in [0.3, 0.4) is 0 Å². The first-order valence-electron chi connectivity index (χ1n) is 6.85. The van der Waals surface area contributed by atoms with E-state index in [0.29, 0.717) is 17.2 Å². The summed E-state index contributed by atoms with van der Waals surface area (Å²) < 4.78 is 2.29. The van der Waals surface area contributed by atoms with Crippen molar-refractivity contribution in [2.45, 2.75) is 46.1 Å². The summed E-state index contributed by atoms with van der Waals surface area (Å²) in [5, 5.41) is 0.897. The molecule has 3 nitrogen and oxygen atoms in total. The number of rotatable bonds is 2. The first-order valence-corrected chi connectivity index (χ1v) is 8.07. The number of aromatic amines is 1. The molecule has 2 aromatic rings. The minimum absolute atomic E-state index is 0.104. The van der Waals surface area contributed by atoms with Gasteiger partial charge in [-0.3, -0.25) is 9.36 Å². The molecular formula is C14H18N2OS2. The van der Waals surface area contributed by atoms with Gasteiger partial charge in [0.15, 0.2) is 4.77 Å². The molecule has 0 aromatic carbocycles. The van der Waals surface area contributed by atoms with Crippen LogP contribution in [0.1, 0.15) is 37.1 Å². The molecule has 1 aliphatic rings. The van der Waals surface area contributed by atoms with Crippen molar-refractivity contribution in [3.05, 3.63) is 25.6 Å². The summed E-state index contributed by atoms with van der Waals surface area (Å²) in [7, 11) is 0. The molecule has 0 saturated heterocycles. The number of H-pyrrole nitrogens is 1. The minimum Gasteiger partial charge on any atom is -0.323 e. The number of nitrogens with zero attached hydrogens (tertiary/aromatic N) is 1. The van der Waals surface area contributed by atoms with E-state index in [2.05, 4.69) is 18.8 Å². The van der Waals surface area contributed by atoms with E-state index in [4.69, 9.17) is 12.2 Å². The second-order valence-electron chi connectivity index (χ2n) is 5.65.